The van der Waals surface area contributed by atoms with Gasteiger partial charge in [0.25, 0.3) is 0 Å². The molecule has 0 fully saturated rings. The van der Waals surface area contributed by atoms with Gasteiger partial charge in [-0.05, 0) is 41.5 Å². The van der Waals surface area contributed by atoms with Crippen molar-refractivity contribution in [3.63, 3.8) is 0 Å². The molecular formula is C22H23BrN2O3. The highest BCUT2D eigenvalue weighted by molar-refractivity contribution is 9.10. The molecule has 0 aromatic heterocycles. The molecule has 2 aromatic carbocycles. The van der Waals surface area contributed by atoms with Crippen LogP contribution < -0.4 is 4.74 Å². The van der Waals surface area contributed by atoms with Gasteiger partial charge in [0.1, 0.15) is 12.4 Å². The molecule has 0 radical (unpaired) electrons. The summed E-state index contributed by atoms with van der Waals surface area (Å²) in [6, 6.07) is 15.1. The average molecular weight is 443 g/mol. The molecule has 3 rings (SSSR count). The van der Waals surface area contributed by atoms with Crippen molar-refractivity contribution in [2.75, 3.05) is 20.2 Å². The van der Waals surface area contributed by atoms with E-state index in [1.165, 1.54) is 6.92 Å². The van der Waals surface area contributed by atoms with Gasteiger partial charge < -0.3 is 14.5 Å². The van der Waals surface area contributed by atoms with Crippen LogP contribution in [0.5, 0.6) is 5.75 Å². The summed E-state index contributed by atoms with van der Waals surface area (Å²) in [5.41, 5.74) is 2.03. The van der Waals surface area contributed by atoms with Crippen molar-refractivity contribution in [2.45, 2.75) is 19.4 Å². The van der Waals surface area contributed by atoms with Gasteiger partial charge >= 0.3 is 0 Å². The molecule has 28 heavy (non-hydrogen) atoms. The molecule has 1 aliphatic heterocycles. The monoisotopic (exact) mass is 442 g/mol. The van der Waals surface area contributed by atoms with Crippen LogP contribution in [0, 0.1) is 0 Å². The molecule has 1 atom stereocenters. The second-order valence-electron chi connectivity index (χ2n) is 6.71. The van der Waals surface area contributed by atoms with Crippen molar-refractivity contribution in [3.05, 3.63) is 70.3 Å². The van der Waals surface area contributed by atoms with E-state index < -0.39 is 0 Å². The Hall–Kier alpha value is -2.60. The van der Waals surface area contributed by atoms with Crippen molar-refractivity contribution < 1.29 is 14.3 Å². The standard InChI is InChI=1S/C22H23BrN2O3/c1-16(26)25-12-11-17-5-3-4-6-20(17)21(25)15-22(27)24(2)13-14-28-19-9-7-18(23)8-10-19/h3-12,21H,13-15H2,1-2H3. The molecule has 0 saturated carbocycles. The Labute approximate surface area is 173 Å². The number of rotatable bonds is 6. The maximum atomic E-state index is 12.8. The van der Waals surface area contributed by atoms with E-state index in [9.17, 15) is 9.59 Å². The topological polar surface area (TPSA) is 49.9 Å². The first-order valence-corrected chi connectivity index (χ1v) is 9.93. The molecule has 1 aliphatic rings. The van der Waals surface area contributed by atoms with Gasteiger partial charge in [-0.3, -0.25) is 9.59 Å². The Kier molecular flexibility index (Phi) is 6.52. The van der Waals surface area contributed by atoms with Crippen LogP contribution in [-0.2, 0) is 9.59 Å². The Morgan fingerprint density at radius 1 is 1.14 bits per heavy atom. The normalized spacial score (nSPS) is 15.1. The lowest BCUT2D eigenvalue weighted by Gasteiger charge is -2.33. The zero-order valence-corrected chi connectivity index (χ0v) is 17.6. The molecule has 0 aliphatic carbocycles. The number of carbonyl (C=O) groups is 2. The van der Waals surface area contributed by atoms with Gasteiger partial charge in [-0.2, -0.15) is 0 Å². The van der Waals surface area contributed by atoms with E-state index in [2.05, 4.69) is 15.9 Å². The molecule has 0 N–H and O–H groups in total. The minimum absolute atomic E-state index is 0.0271. The summed E-state index contributed by atoms with van der Waals surface area (Å²) < 4.78 is 6.69. The lowest BCUT2D eigenvalue weighted by atomic mass is 9.93. The first-order valence-electron chi connectivity index (χ1n) is 9.14. The molecule has 1 heterocycles. The summed E-state index contributed by atoms with van der Waals surface area (Å²) in [5.74, 6) is 0.656. The highest BCUT2D eigenvalue weighted by Gasteiger charge is 2.29. The summed E-state index contributed by atoms with van der Waals surface area (Å²) in [6.07, 6.45) is 3.91. The van der Waals surface area contributed by atoms with Gasteiger partial charge in [-0.15, -0.1) is 0 Å². The summed E-state index contributed by atoms with van der Waals surface area (Å²) in [4.78, 5) is 28.1. The first kappa shape index (κ1) is 20.1. The minimum Gasteiger partial charge on any atom is -0.492 e. The van der Waals surface area contributed by atoms with Crippen LogP contribution in [0.3, 0.4) is 0 Å². The summed E-state index contributed by atoms with van der Waals surface area (Å²) >= 11 is 3.39. The fourth-order valence-corrected chi connectivity index (χ4v) is 3.45. The number of hydrogen-bond acceptors (Lipinski definition) is 3. The number of carbonyl (C=O) groups excluding carboxylic acids is 2. The predicted octanol–water partition coefficient (Wildman–Crippen LogP) is 4.25. The van der Waals surface area contributed by atoms with Crippen LogP contribution >= 0.6 is 15.9 Å². The Morgan fingerprint density at radius 2 is 1.86 bits per heavy atom. The van der Waals surface area contributed by atoms with Crippen molar-refractivity contribution in [2.24, 2.45) is 0 Å². The SMILES string of the molecule is CC(=O)N1C=Cc2ccccc2C1CC(=O)N(C)CCOc1ccc(Br)cc1. The zero-order valence-electron chi connectivity index (χ0n) is 16.0. The van der Waals surface area contributed by atoms with Crippen molar-refractivity contribution in [1.29, 1.82) is 0 Å². The Morgan fingerprint density at radius 3 is 2.57 bits per heavy atom. The fraction of sp³-hybridized carbons (Fsp3) is 0.273. The lowest BCUT2D eigenvalue weighted by molar-refractivity contribution is -0.134. The molecule has 0 saturated heterocycles. The van der Waals surface area contributed by atoms with Crippen molar-refractivity contribution in [1.82, 2.24) is 9.80 Å². The number of halogens is 1. The molecular weight excluding hydrogens is 420 g/mol. The molecule has 0 bridgehead atoms. The van der Waals surface area contributed by atoms with E-state index in [1.54, 1.807) is 23.0 Å². The minimum atomic E-state index is -0.291. The highest BCUT2D eigenvalue weighted by atomic mass is 79.9. The summed E-state index contributed by atoms with van der Waals surface area (Å²) in [5, 5.41) is 0. The summed E-state index contributed by atoms with van der Waals surface area (Å²) in [7, 11) is 1.76. The van der Waals surface area contributed by atoms with Crippen molar-refractivity contribution in [3.8, 4) is 5.75 Å². The quantitative estimate of drug-likeness (QED) is 0.671. The van der Waals surface area contributed by atoms with E-state index in [0.29, 0.717) is 13.2 Å². The molecule has 146 valence electrons. The third-order valence-electron chi connectivity index (χ3n) is 4.77. The number of fused-ring (bicyclic) bond motifs is 1. The van der Waals surface area contributed by atoms with Crippen LogP contribution in [0.2, 0.25) is 0 Å². The second-order valence-corrected chi connectivity index (χ2v) is 7.62. The number of likely N-dealkylation sites (N-methyl/N-ethyl adjacent to an activating group) is 1. The van der Waals surface area contributed by atoms with E-state index in [0.717, 1.165) is 21.3 Å². The van der Waals surface area contributed by atoms with E-state index in [-0.39, 0.29) is 24.3 Å². The highest BCUT2D eigenvalue weighted by Crippen LogP contribution is 2.33. The predicted molar refractivity (Wildman–Crippen MR) is 113 cm³/mol. The van der Waals surface area contributed by atoms with Crippen LogP contribution in [0.4, 0.5) is 0 Å². The zero-order chi connectivity index (χ0) is 20.1. The number of nitrogens with zero attached hydrogens (tertiary/aromatic N) is 2. The smallest absolute Gasteiger partial charge is 0.224 e. The molecule has 2 amide bonds. The van der Waals surface area contributed by atoms with E-state index in [1.807, 2.05) is 54.6 Å². The average Bonchev–Trinajstić information content (AvgIpc) is 2.69. The van der Waals surface area contributed by atoms with Gasteiger partial charge in [0.05, 0.1) is 19.0 Å². The van der Waals surface area contributed by atoms with Gasteiger partial charge in [0.2, 0.25) is 11.8 Å². The fourth-order valence-electron chi connectivity index (χ4n) is 3.19. The number of hydrogen-bond donors (Lipinski definition) is 0. The molecule has 5 nitrogen and oxygen atoms in total. The van der Waals surface area contributed by atoms with Crippen molar-refractivity contribution >= 4 is 33.8 Å². The third-order valence-corrected chi connectivity index (χ3v) is 5.30. The number of amides is 2. The first-order chi connectivity index (χ1) is 13.5. The van der Waals surface area contributed by atoms with Crippen LogP contribution in [0.25, 0.3) is 6.08 Å². The van der Waals surface area contributed by atoms with Crippen LogP contribution in [0.15, 0.2) is 59.2 Å². The Balaban J connectivity index is 1.61. The maximum absolute atomic E-state index is 12.8. The van der Waals surface area contributed by atoms with Gasteiger partial charge in [-0.25, -0.2) is 0 Å². The molecule has 6 heteroatoms. The van der Waals surface area contributed by atoms with Crippen LogP contribution in [0.1, 0.15) is 30.5 Å². The molecule has 2 aromatic rings. The van der Waals surface area contributed by atoms with E-state index in [4.69, 9.17) is 4.74 Å². The van der Waals surface area contributed by atoms with Gasteiger partial charge in [0.15, 0.2) is 0 Å². The van der Waals surface area contributed by atoms with Crippen LogP contribution in [-0.4, -0.2) is 41.8 Å². The molecule has 0 spiro atoms. The third kappa shape index (κ3) is 4.81. The largest absolute Gasteiger partial charge is 0.492 e. The number of ether oxygens (including phenoxy) is 1. The Bertz CT molecular complexity index is 880. The van der Waals surface area contributed by atoms with Gasteiger partial charge in [-0.1, -0.05) is 40.2 Å². The van der Waals surface area contributed by atoms with E-state index >= 15 is 0 Å². The second kappa shape index (κ2) is 9.06. The lowest BCUT2D eigenvalue weighted by Crippen LogP contribution is -2.37. The number of benzene rings is 2. The molecule has 1 unspecified atom stereocenters. The summed E-state index contributed by atoms with van der Waals surface area (Å²) in [6.45, 7) is 2.39. The van der Waals surface area contributed by atoms with Gasteiger partial charge in [0, 0.05) is 24.6 Å². The maximum Gasteiger partial charge on any atom is 0.224 e.